The molecular formula is C30H57O6Tm. The Morgan fingerprint density at radius 3 is 1.03 bits per heavy atom. The SMILES string of the molecule is CCCCCC(C)(CC)C(=O)[O-].CCCCCCC(C)(C)C(=O)[O-].CCCCCCC(C)(C)C(=O)[O-].[Tm+3]. The van der Waals surface area contributed by atoms with Crippen molar-refractivity contribution in [2.75, 3.05) is 0 Å². The van der Waals surface area contributed by atoms with E-state index in [2.05, 4.69) is 20.8 Å². The molecule has 0 spiro atoms. The summed E-state index contributed by atoms with van der Waals surface area (Å²) in [6.45, 7) is 17.0. The average molecular weight is 683 g/mol. The van der Waals surface area contributed by atoms with Gasteiger partial charge in [-0.3, -0.25) is 0 Å². The fourth-order valence-electron chi connectivity index (χ4n) is 3.38. The Labute approximate surface area is 258 Å². The van der Waals surface area contributed by atoms with Gasteiger partial charge in [0.1, 0.15) is 0 Å². The zero-order valence-electron chi connectivity index (χ0n) is 25.3. The van der Waals surface area contributed by atoms with Crippen LogP contribution in [0.15, 0.2) is 0 Å². The smallest absolute Gasteiger partial charge is 0.550 e. The summed E-state index contributed by atoms with van der Waals surface area (Å²) in [5.41, 5.74) is -1.89. The molecule has 6 nitrogen and oxygen atoms in total. The van der Waals surface area contributed by atoms with Crippen LogP contribution in [0.1, 0.15) is 159 Å². The second-order valence-corrected chi connectivity index (χ2v) is 11.6. The van der Waals surface area contributed by atoms with Crippen LogP contribution in [0.3, 0.4) is 0 Å². The van der Waals surface area contributed by atoms with Crippen LogP contribution < -0.4 is 15.3 Å². The predicted octanol–water partition coefficient (Wildman–Crippen LogP) is 5.20. The molecule has 0 saturated heterocycles. The first kappa shape index (κ1) is 43.7. The molecule has 1 unspecified atom stereocenters. The Morgan fingerprint density at radius 1 is 0.486 bits per heavy atom. The minimum Gasteiger partial charge on any atom is -0.550 e. The predicted molar refractivity (Wildman–Crippen MR) is 143 cm³/mol. The van der Waals surface area contributed by atoms with Gasteiger partial charge in [0.2, 0.25) is 0 Å². The van der Waals surface area contributed by atoms with E-state index in [-0.39, 0.29) is 36.9 Å². The van der Waals surface area contributed by atoms with E-state index >= 15 is 0 Å². The Hall–Kier alpha value is -0.356. The fourth-order valence-corrected chi connectivity index (χ4v) is 3.38. The van der Waals surface area contributed by atoms with Gasteiger partial charge in [0.15, 0.2) is 0 Å². The van der Waals surface area contributed by atoms with Crippen LogP contribution in [0, 0.1) is 53.1 Å². The minimum atomic E-state index is -0.931. The summed E-state index contributed by atoms with van der Waals surface area (Å²) in [5.74, 6) is -2.76. The molecule has 0 aliphatic carbocycles. The number of carbonyl (C=O) groups excluding carboxylic acids is 3. The van der Waals surface area contributed by atoms with E-state index in [1.807, 2.05) is 6.92 Å². The second kappa shape index (κ2) is 24.7. The number of rotatable bonds is 18. The molecule has 7 heteroatoms. The number of carboxylic acid groups (broad SMARTS) is 3. The number of carbonyl (C=O) groups is 3. The minimum absolute atomic E-state index is 0. The molecule has 226 valence electrons. The largest absolute Gasteiger partial charge is 3.00 e. The van der Waals surface area contributed by atoms with Crippen LogP contribution in [0.2, 0.25) is 0 Å². The molecule has 0 rings (SSSR count). The molecule has 1 atom stereocenters. The first-order valence-electron chi connectivity index (χ1n) is 14.2. The number of hydrogen-bond acceptors (Lipinski definition) is 6. The Balaban J connectivity index is -0.000000218. The van der Waals surface area contributed by atoms with Gasteiger partial charge < -0.3 is 29.7 Å². The summed E-state index contributed by atoms with van der Waals surface area (Å²) < 4.78 is 0. The van der Waals surface area contributed by atoms with E-state index in [4.69, 9.17) is 0 Å². The first-order chi connectivity index (χ1) is 16.6. The second-order valence-electron chi connectivity index (χ2n) is 11.6. The Morgan fingerprint density at radius 2 is 0.784 bits per heavy atom. The van der Waals surface area contributed by atoms with Crippen molar-refractivity contribution < 1.29 is 66.6 Å². The third-order valence-electron chi connectivity index (χ3n) is 7.02. The zero-order chi connectivity index (χ0) is 28.8. The third-order valence-corrected chi connectivity index (χ3v) is 7.02. The molecule has 0 aromatic carbocycles. The van der Waals surface area contributed by atoms with Gasteiger partial charge in [-0.25, -0.2) is 0 Å². The number of hydrogen-bond donors (Lipinski definition) is 0. The number of aliphatic carboxylic acids is 3. The van der Waals surface area contributed by atoms with Crippen molar-refractivity contribution in [3.8, 4) is 0 Å². The first-order valence-corrected chi connectivity index (χ1v) is 14.2. The van der Waals surface area contributed by atoms with E-state index < -0.39 is 34.2 Å². The third kappa shape index (κ3) is 24.4. The normalized spacial score (nSPS) is 12.6. The summed E-state index contributed by atoms with van der Waals surface area (Å²) in [6, 6.07) is 0. The van der Waals surface area contributed by atoms with Crippen molar-refractivity contribution in [1.82, 2.24) is 0 Å². The molecule has 0 N–H and O–H groups in total. The van der Waals surface area contributed by atoms with Crippen molar-refractivity contribution in [2.24, 2.45) is 16.2 Å². The van der Waals surface area contributed by atoms with Gasteiger partial charge in [-0.1, -0.05) is 133 Å². The monoisotopic (exact) mass is 682 g/mol. The van der Waals surface area contributed by atoms with Gasteiger partial charge in [0.25, 0.3) is 0 Å². The zero-order valence-corrected chi connectivity index (χ0v) is 27.1. The Kier molecular flexibility index (Phi) is 29.1. The maximum Gasteiger partial charge on any atom is 3.00 e. The summed E-state index contributed by atoms with van der Waals surface area (Å²) >= 11 is 0. The summed E-state index contributed by atoms with van der Waals surface area (Å²) in [4.78, 5) is 31.9. The maximum atomic E-state index is 10.7. The molecule has 0 aromatic rings. The average Bonchev–Trinajstić information content (AvgIpc) is 2.80. The van der Waals surface area contributed by atoms with Gasteiger partial charge in [-0.05, 0) is 25.7 Å². The van der Waals surface area contributed by atoms with Gasteiger partial charge in [-0.15, -0.1) is 0 Å². The van der Waals surface area contributed by atoms with E-state index in [0.717, 1.165) is 64.2 Å². The topological polar surface area (TPSA) is 120 Å². The molecule has 0 bridgehead atoms. The summed E-state index contributed by atoms with van der Waals surface area (Å²) in [6.07, 6.45) is 15.1. The quantitative estimate of drug-likeness (QED) is 0.184. The van der Waals surface area contributed by atoms with Crippen LogP contribution in [-0.4, -0.2) is 17.9 Å². The van der Waals surface area contributed by atoms with Crippen LogP contribution in [0.25, 0.3) is 0 Å². The number of unbranched alkanes of at least 4 members (excludes halogenated alkanes) is 8. The van der Waals surface area contributed by atoms with Crippen molar-refractivity contribution in [3.63, 3.8) is 0 Å². The van der Waals surface area contributed by atoms with Crippen molar-refractivity contribution in [1.29, 1.82) is 0 Å². The Bertz CT molecular complexity index is 555. The van der Waals surface area contributed by atoms with Crippen LogP contribution in [-0.2, 0) is 14.4 Å². The molecule has 0 fully saturated rings. The molecule has 0 radical (unpaired) electrons. The maximum absolute atomic E-state index is 10.7. The van der Waals surface area contributed by atoms with Gasteiger partial charge >= 0.3 is 36.9 Å². The van der Waals surface area contributed by atoms with Crippen molar-refractivity contribution >= 4 is 17.9 Å². The van der Waals surface area contributed by atoms with E-state index in [0.29, 0.717) is 6.42 Å². The van der Waals surface area contributed by atoms with Gasteiger partial charge in [0.05, 0.1) is 0 Å². The van der Waals surface area contributed by atoms with Gasteiger partial charge in [0, 0.05) is 34.2 Å². The van der Waals surface area contributed by atoms with Crippen LogP contribution >= 0.6 is 0 Å². The van der Waals surface area contributed by atoms with Crippen molar-refractivity contribution in [2.45, 2.75) is 159 Å². The van der Waals surface area contributed by atoms with Crippen LogP contribution in [0.4, 0.5) is 0 Å². The van der Waals surface area contributed by atoms with E-state index in [9.17, 15) is 29.7 Å². The molecular weight excluding hydrogens is 625 g/mol. The molecule has 0 heterocycles. The molecule has 0 aliphatic rings. The standard InChI is InChI=1S/3C10H20O2.Tm/c2*1-4-5-6-7-8-10(2,3)9(11)12;1-4-6-7-8-10(3,5-2)9(11)12;/h3*4-8H2,1-3H3,(H,11,12);/q;;;+3/p-3. The molecule has 0 saturated carbocycles. The molecule has 0 amide bonds. The summed E-state index contributed by atoms with van der Waals surface area (Å²) in [7, 11) is 0. The number of carboxylic acids is 3. The van der Waals surface area contributed by atoms with E-state index in [1.54, 1.807) is 34.6 Å². The molecule has 0 aromatic heterocycles. The molecule has 37 heavy (non-hydrogen) atoms. The van der Waals surface area contributed by atoms with Gasteiger partial charge in [-0.2, -0.15) is 0 Å². The fraction of sp³-hybridized carbons (Fsp3) is 0.900. The van der Waals surface area contributed by atoms with Crippen molar-refractivity contribution in [3.05, 3.63) is 0 Å². The summed E-state index contributed by atoms with van der Waals surface area (Å²) in [5, 5.41) is 31.9. The van der Waals surface area contributed by atoms with E-state index in [1.165, 1.54) is 25.7 Å². The van der Waals surface area contributed by atoms with Crippen LogP contribution in [0.5, 0.6) is 0 Å². The molecule has 0 aliphatic heterocycles.